The Labute approximate surface area is 158 Å². The van der Waals surface area contributed by atoms with E-state index in [9.17, 15) is 0 Å². The molecule has 1 atom stereocenters. The maximum atomic E-state index is 4.86. The molecule has 0 aliphatic carbocycles. The minimum absolute atomic E-state index is 0.294. The van der Waals surface area contributed by atoms with Crippen LogP contribution in [0.25, 0.3) is 0 Å². The van der Waals surface area contributed by atoms with Crippen LogP contribution in [0, 0.1) is 20.8 Å². The third kappa shape index (κ3) is 3.05. The summed E-state index contributed by atoms with van der Waals surface area (Å²) in [4.78, 5) is 16.3. The Kier molecular flexibility index (Phi) is 4.36. The van der Waals surface area contributed by atoms with Gasteiger partial charge in [-0.05, 0) is 45.2 Å². The Morgan fingerprint density at radius 1 is 1.12 bits per heavy atom. The van der Waals surface area contributed by atoms with Crippen molar-refractivity contribution in [3.8, 4) is 0 Å². The molecule has 2 aromatic heterocycles. The van der Waals surface area contributed by atoms with Crippen molar-refractivity contribution in [3.05, 3.63) is 57.7 Å². The summed E-state index contributed by atoms with van der Waals surface area (Å²) in [7, 11) is 0. The van der Waals surface area contributed by atoms with Crippen LogP contribution in [0.2, 0.25) is 0 Å². The van der Waals surface area contributed by atoms with E-state index in [4.69, 9.17) is 4.98 Å². The number of fused-ring (bicyclic) bond motifs is 1. The molecule has 134 valence electrons. The monoisotopic (exact) mass is 365 g/mol. The summed E-state index contributed by atoms with van der Waals surface area (Å²) >= 11 is 1.57. The van der Waals surface area contributed by atoms with E-state index in [1.54, 1.807) is 11.3 Å². The molecule has 0 bridgehead atoms. The molecule has 6 heteroatoms. The summed E-state index contributed by atoms with van der Waals surface area (Å²) in [5.41, 5.74) is 5.97. The van der Waals surface area contributed by atoms with Gasteiger partial charge in [-0.25, -0.2) is 9.97 Å². The van der Waals surface area contributed by atoms with Crippen LogP contribution >= 0.6 is 11.3 Å². The molecule has 0 amide bonds. The lowest BCUT2D eigenvalue weighted by molar-refractivity contribution is 0.614. The molecule has 1 aliphatic heterocycles. The molecule has 1 aromatic carbocycles. The van der Waals surface area contributed by atoms with Crippen LogP contribution in [0.4, 0.5) is 16.9 Å². The van der Waals surface area contributed by atoms with Crippen LogP contribution in [-0.2, 0) is 6.42 Å². The van der Waals surface area contributed by atoms with Crippen molar-refractivity contribution in [2.75, 3.05) is 16.8 Å². The second-order valence-electron chi connectivity index (χ2n) is 6.82. The van der Waals surface area contributed by atoms with Crippen LogP contribution in [0.5, 0.6) is 0 Å². The van der Waals surface area contributed by atoms with Crippen molar-refractivity contribution in [3.63, 3.8) is 0 Å². The molecular weight excluding hydrogens is 342 g/mol. The first kappa shape index (κ1) is 17.0. The van der Waals surface area contributed by atoms with E-state index in [-0.39, 0.29) is 0 Å². The van der Waals surface area contributed by atoms with Gasteiger partial charge in [-0.2, -0.15) is 4.98 Å². The highest BCUT2D eigenvalue weighted by atomic mass is 32.1. The Hall–Kier alpha value is -2.47. The number of aromatic nitrogens is 3. The van der Waals surface area contributed by atoms with Gasteiger partial charge in [-0.3, -0.25) is 5.32 Å². The summed E-state index contributed by atoms with van der Waals surface area (Å²) in [6.07, 6.45) is 1.04. The minimum Gasteiger partial charge on any atom is -0.349 e. The Morgan fingerprint density at radius 2 is 1.92 bits per heavy atom. The first-order valence-corrected chi connectivity index (χ1v) is 9.79. The SMILES string of the molecule is Cc1csc(Nc2nc(C)c(C)c(N3CCc4ccccc4C3C)n2)n1. The highest BCUT2D eigenvalue weighted by Gasteiger charge is 2.26. The number of rotatable bonds is 3. The van der Waals surface area contributed by atoms with Gasteiger partial charge >= 0.3 is 0 Å². The number of benzene rings is 1. The molecule has 0 fully saturated rings. The number of hydrogen-bond acceptors (Lipinski definition) is 6. The highest BCUT2D eigenvalue weighted by Crippen LogP contribution is 2.35. The van der Waals surface area contributed by atoms with Crippen molar-refractivity contribution < 1.29 is 0 Å². The number of aryl methyl sites for hydroxylation is 2. The molecule has 0 saturated carbocycles. The summed E-state index contributed by atoms with van der Waals surface area (Å²) < 4.78 is 0. The normalized spacial score (nSPS) is 16.5. The van der Waals surface area contributed by atoms with E-state index >= 15 is 0 Å². The predicted octanol–water partition coefficient (Wildman–Crippen LogP) is 4.73. The molecule has 3 aromatic rings. The molecule has 1 unspecified atom stereocenters. The fourth-order valence-corrected chi connectivity index (χ4v) is 4.20. The van der Waals surface area contributed by atoms with E-state index in [1.165, 1.54) is 11.1 Å². The fraction of sp³-hybridized carbons (Fsp3) is 0.350. The molecule has 4 rings (SSSR count). The van der Waals surface area contributed by atoms with Crippen LogP contribution in [0.15, 0.2) is 29.6 Å². The van der Waals surface area contributed by atoms with Gasteiger partial charge in [-0.15, -0.1) is 11.3 Å². The zero-order valence-corrected chi connectivity index (χ0v) is 16.4. The molecule has 1 aliphatic rings. The topological polar surface area (TPSA) is 53.9 Å². The number of anilines is 3. The Morgan fingerprint density at radius 3 is 2.69 bits per heavy atom. The average Bonchev–Trinajstić information content (AvgIpc) is 3.04. The van der Waals surface area contributed by atoms with Gasteiger partial charge in [0.1, 0.15) is 5.82 Å². The minimum atomic E-state index is 0.294. The fourth-order valence-electron chi connectivity index (χ4n) is 3.52. The highest BCUT2D eigenvalue weighted by molar-refractivity contribution is 7.13. The Bertz CT molecular complexity index is 949. The summed E-state index contributed by atoms with van der Waals surface area (Å²) in [6, 6.07) is 9.00. The molecular formula is C20H23N5S. The third-order valence-electron chi connectivity index (χ3n) is 5.07. The summed E-state index contributed by atoms with van der Waals surface area (Å²) in [6.45, 7) is 9.36. The maximum Gasteiger partial charge on any atom is 0.231 e. The first-order valence-electron chi connectivity index (χ1n) is 8.92. The van der Waals surface area contributed by atoms with E-state index in [0.29, 0.717) is 12.0 Å². The lowest BCUT2D eigenvalue weighted by atomic mass is 9.93. The molecule has 26 heavy (non-hydrogen) atoms. The smallest absolute Gasteiger partial charge is 0.231 e. The number of nitrogens with zero attached hydrogens (tertiary/aromatic N) is 4. The second kappa shape index (κ2) is 6.68. The third-order valence-corrected chi connectivity index (χ3v) is 5.94. The summed E-state index contributed by atoms with van der Waals surface area (Å²) in [5, 5.41) is 6.11. The van der Waals surface area contributed by atoms with Crippen LogP contribution < -0.4 is 10.2 Å². The molecule has 0 spiro atoms. The molecule has 5 nitrogen and oxygen atoms in total. The largest absolute Gasteiger partial charge is 0.349 e. The van der Waals surface area contributed by atoms with Gasteiger partial charge in [-0.1, -0.05) is 24.3 Å². The van der Waals surface area contributed by atoms with Crippen molar-refractivity contribution in [2.24, 2.45) is 0 Å². The summed E-state index contributed by atoms with van der Waals surface area (Å²) in [5.74, 6) is 1.62. The van der Waals surface area contributed by atoms with Crippen molar-refractivity contribution in [1.82, 2.24) is 15.0 Å². The lowest BCUT2D eigenvalue weighted by Gasteiger charge is -2.37. The van der Waals surface area contributed by atoms with E-state index in [2.05, 4.69) is 58.3 Å². The lowest BCUT2D eigenvalue weighted by Crippen LogP contribution is -2.35. The van der Waals surface area contributed by atoms with Gasteiger partial charge < -0.3 is 4.90 Å². The number of hydrogen-bond donors (Lipinski definition) is 1. The quantitative estimate of drug-likeness (QED) is 0.727. The molecule has 0 radical (unpaired) electrons. The zero-order chi connectivity index (χ0) is 18.3. The van der Waals surface area contributed by atoms with Crippen molar-refractivity contribution in [2.45, 2.75) is 40.2 Å². The van der Waals surface area contributed by atoms with E-state index in [0.717, 1.165) is 40.9 Å². The molecule has 1 N–H and O–H groups in total. The van der Waals surface area contributed by atoms with E-state index < -0.39 is 0 Å². The zero-order valence-electron chi connectivity index (χ0n) is 15.6. The van der Waals surface area contributed by atoms with Gasteiger partial charge in [0.25, 0.3) is 0 Å². The maximum absolute atomic E-state index is 4.86. The van der Waals surface area contributed by atoms with Crippen LogP contribution in [0.3, 0.4) is 0 Å². The predicted molar refractivity (Wildman–Crippen MR) is 108 cm³/mol. The number of nitrogens with one attached hydrogen (secondary N) is 1. The first-order chi connectivity index (χ1) is 12.5. The van der Waals surface area contributed by atoms with Crippen molar-refractivity contribution >= 4 is 28.2 Å². The second-order valence-corrected chi connectivity index (χ2v) is 7.68. The number of thiazole rings is 1. The van der Waals surface area contributed by atoms with E-state index in [1.807, 2.05) is 19.2 Å². The average molecular weight is 366 g/mol. The molecule has 0 saturated heterocycles. The van der Waals surface area contributed by atoms with Crippen molar-refractivity contribution in [1.29, 1.82) is 0 Å². The Balaban J connectivity index is 1.70. The molecule has 3 heterocycles. The standard InChI is InChI=1S/C20H23N5S/c1-12-11-26-20(21-12)24-19-22-14(3)13(2)18(23-19)25-10-9-16-7-5-6-8-17(16)15(25)4/h5-8,11,15H,9-10H2,1-4H3,(H,21,22,23,24). The van der Waals surface area contributed by atoms with Gasteiger partial charge in [0.15, 0.2) is 5.13 Å². The van der Waals surface area contributed by atoms with Crippen LogP contribution in [0.1, 0.15) is 41.0 Å². The van der Waals surface area contributed by atoms with Crippen LogP contribution in [-0.4, -0.2) is 21.5 Å². The van der Waals surface area contributed by atoms with Gasteiger partial charge in [0.05, 0.1) is 11.7 Å². The van der Waals surface area contributed by atoms with Gasteiger partial charge in [0.2, 0.25) is 5.95 Å². The van der Waals surface area contributed by atoms with Gasteiger partial charge in [0, 0.05) is 23.2 Å².